The van der Waals surface area contributed by atoms with E-state index in [1.165, 1.54) is 0 Å². The zero-order valence-corrected chi connectivity index (χ0v) is 12.8. The van der Waals surface area contributed by atoms with Gasteiger partial charge in [-0.05, 0) is 0 Å². The maximum Gasteiger partial charge on any atom is 1.00 e. The van der Waals surface area contributed by atoms with Crippen LogP contribution in [0.2, 0.25) is 0 Å². The number of hydrogen-bond donors (Lipinski definition) is 0. The van der Waals surface area contributed by atoms with Gasteiger partial charge in [0.05, 0.1) is 0 Å². The Morgan fingerprint density at radius 3 is 0.783 bits per heavy atom. The van der Waals surface area contributed by atoms with E-state index in [9.17, 15) is 18.6 Å². The number of hydrogen-bond acceptors (Lipinski definition) is 11. The van der Waals surface area contributed by atoms with E-state index < -0.39 is 31.2 Å². The van der Waals surface area contributed by atoms with Gasteiger partial charge in [-0.15, -0.1) is 0 Å². The second-order valence-corrected chi connectivity index (χ2v) is 1.59. The first-order chi connectivity index (χ1) is 8.09. The van der Waals surface area contributed by atoms with E-state index in [1.54, 1.807) is 0 Å². The Balaban J connectivity index is -0.0000000227. The zero-order chi connectivity index (χ0) is 15.3. The van der Waals surface area contributed by atoms with E-state index in [0.717, 1.165) is 0 Å². The first-order valence-electron chi connectivity index (χ1n) is 3.15. The summed E-state index contributed by atoms with van der Waals surface area (Å²) in [7, 11) is -2.92. The number of carboxylic acids is 2. The summed E-state index contributed by atoms with van der Waals surface area (Å²) in [5, 5.41) is 43.5. The van der Waals surface area contributed by atoms with Crippen molar-refractivity contribution in [2.24, 2.45) is 0 Å². The molecular formula is C4BF2Li5O11. The topological polar surface area (TPSA) is 202 Å². The van der Waals surface area contributed by atoms with Gasteiger partial charge in [0, 0.05) is 9.05 Å². The predicted octanol–water partition coefficient (Wildman–Crippen LogP) is -22.6. The summed E-state index contributed by atoms with van der Waals surface area (Å²) in [4.78, 5) is 41.1. The molecule has 0 spiro atoms. The Bertz CT molecular complexity index is 279. The molecule has 0 aliphatic rings. The molecule has 104 valence electrons. The van der Waals surface area contributed by atoms with Crippen molar-refractivity contribution >= 4 is 31.2 Å². The number of carbonyl (C=O) groups excluding carboxylic acids is 4. The van der Waals surface area contributed by atoms with Crippen LogP contribution in [-0.4, -0.2) is 31.2 Å². The molecule has 0 amide bonds. The summed E-state index contributed by atoms with van der Waals surface area (Å²) in [6.07, 6.45) is 0. The standard InChI is InChI=1S/2C2HFO4.BO3.5Li/c2*3-7-2(6)1(4)5;2-1(3)4;;;;;/h2*(H,4,5);;;;;;/q;;-3;5*+1/p-2. The number of rotatable bonds is 0. The fourth-order valence-corrected chi connectivity index (χ4v) is 0.0630. The van der Waals surface area contributed by atoms with Crippen LogP contribution in [-0.2, 0) is 29.1 Å². The van der Waals surface area contributed by atoms with E-state index in [-0.39, 0.29) is 94.3 Å². The van der Waals surface area contributed by atoms with Crippen molar-refractivity contribution in [2.75, 3.05) is 0 Å². The van der Waals surface area contributed by atoms with Crippen LogP contribution in [0.1, 0.15) is 0 Å². The summed E-state index contributed by atoms with van der Waals surface area (Å²) in [5.74, 6) is -8.41. The molecule has 0 aromatic carbocycles. The van der Waals surface area contributed by atoms with Gasteiger partial charge >= 0.3 is 106 Å². The third-order valence-corrected chi connectivity index (χ3v) is 0.473. The molecule has 0 bridgehead atoms. The molecule has 23 heavy (non-hydrogen) atoms. The predicted molar refractivity (Wildman–Crippen MR) is 30.2 cm³/mol. The van der Waals surface area contributed by atoms with Crippen molar-refractivity contribution < 1.29 is 158 Å². The number of halogens is 2. The number of carbonyl (C=O) groups is 4. The molecule has 0 unspecified atom stereocenters. The molecule has 0 aliphatic carbocycles. The Morgan fingerprint density at radius 1 is 0.652 bits per heavy atom. The van der Waals surface area contributed by atoms with E-state index in [4.69, 9.17) is 34.9 Å². The van der Waals surface area contributed by atoms with E-state index >= 15 is 0 Å². The average molecular weight is 308 g/mol. The van der Waals surface area contributed by atoms with Crippen molar-refractivity contribution in [2.45, 2.75) is 0 Å². The maximum atomic E-state index is 10.4. The van der Waals surface area contributed by atoms with Crippen LogP contribution in [0.25, 0.3) is 0 Å². The van der Waals surface area contributed by atoms with Crippen LogP contribution < -0.4 is 120 Å². The van der Waals surface area contributed by atoms with Gasteiger partial charge in [0.25, 0.3) is 0 Å². The minimum absolute atomic E-state index is 0. The molecule has 0 aromatic rings. The van der Waals surface area contributed by atoms with Gasteiger partial charge in [0.1, 0.15) is 0 Å². The van der Waals surface area contributed by atoms with Crippen LogP contribution in [0.5, 0.6) is 0 Å². The van der Waals surface area contributed by atoms with Gasteiger partial charge in [0.15, 0.2) is 11.9 Å². The average Bonchev–Trinajstić information content (AvgIpc) is 2.26. The molecule has 0 aromatic heterocycles. The monoisotopic (exact) mass is 308 g/mol. The Morgan fingerprint density at radius 2 is 0.783 bits per heavy atom. The second-order valence-electron chi connectivity index (χ2n) is 1.59. The first-order valence-corrected chi connectivity index (χ1v) is 3.15. The van der Waals surface area contributed by atoms with Gasteiger partial charge in [-0.25, -0.2) is 19.5 Å². The normalized spacial score (nSPS) is 5.78. The SMILES string of the molecule is O=C([O-])C(=O)OF.O=C([O-])C(=O)OF.[Li+].[Li+].[Li+].[Li+].[Li+].[O-]B([O-])[O-]. The number of aliphatic carboxylic acids is 2. The second kappa shape index (κ2) is 34.1. The van der Waals surface area contributed by atoms with Crippen molar-refractivity contribution in [3.05, 3.63) is 0 Å². The Labute approximate surface area is 187 Å². The third kappa shape index (κ3) is 60.3. The molecular weight excluding hydrogens is 308 g/mol. The minimum Gasteiger partial charge on any atom is -0.907 e. The molecule has 0 radical (unpaired) electrons. The Kier molecular flexibility index (Phi) is 73.4. The fourth-order valence-electron chi connectivity index (χ4n) is 0.0630. The summed E-state index contributed by atoms with van der Waals surface area (Å²) >= 11 is 0. The fraction of sp³-hybridized carbons (Fsp3) is 0. The van der Waals surface area contributed by atoms with Crippen molar-refractivity contribution in [1.29, 1.82) is 0 Å². The largest absolute Gasteiger partial charge is 1.00 e. The first kappa shape index (κ1) is 49.5. The maximum absolute atomic E-state index is 10.4. The molecule has 0 saturated heterocycles. The molecule has 0 N–H and O–H groups in total. The smallest absolute Gasteiger partial charge is 0.907 e. The van der Waals surface area contributed by atoms with Crippen LogP contribution in [0.3, 0.4) is 0 Å². The molecule has 11 nitrogen and oxygen atoms in total. The summed E-state index contributed by atoms with van der Waals surface area (Å²) in [6.45, 7) is 0. The molecule has 0 heterocycles. The summed E-state index contributed by atoms with van der Waals surface area (Å²) in [6, 6.07) is 0. The molecule has 0 rings (SSSR count). The van der Waals surface area contributed by atoms with Crippen LogP contribution >= 0.6 is 0 Å². The molecule has 0 saturated carbocycles. The van der Waals surface area contributed by atoms with Crippen molar-refractivity contribution in [3.63, 3.8) is 0 Å². The molecule has 19 heteroatoms. The van der Waals surface area contributed by atoms with Crippen LogP contribution in [0.15, 0.2) is 0 Å². The summed E-state index contributed by atoms with van der Waals surface area (Å²) < 4.78 is 20.7. The molecule has 0 atom stereocenters. The van der Waals surface area contributed by atoms with Gasteiger partial charge in [-0.3, -0.25) is 7.32 Å². The van der Waals surface area contributed by atoms with Gasteiger partial charge < -0.3 is 34.9 Å². The third-order valence-electron chi connectivity index (χ3n) is 0.473. The van der Waals surface area contributed by atoms with Gasteiger partial charge in [-0.2, -0.15) is 0 Å². The van der Waals surface area contributed by atoms with Crippen molar-refractivity contribution in [3.8, 4) is 0 Å². The number of carboxylic acid groups (broad SMARTS) is 2. The van der Waals surface area contributed by atoms with Crippen LogP contribution in [0.4, 0.5) is 9.05 Å². The van der Waals surface area contributed by atoms with Crippen LogP contribution in [0, 0.1) is 0 Å². The van der Waals surface area contributed by atoms with Gasteiger partial charge in [-0.1, -0.05) is 0 Å². The van der Waals surface area contributed by atoms with E-state index in [1.807, 2.05) is 0 Å². The minimum atomic E-state index is -2.92. The zero-order valence-electron chi connectivity index (χ0n) is 12.8. The van der Waals surface area contributed by atoms with Gasteiger partial charge in [0.2, 0.25) is 0 Å². The van der Waals surface area contributed by atoms with E-state index in [2.05, 4.69) is 9.88 Å². The van der Waals surface area contributed by atoms with Crippen molar-refractivity contribution in [1.82, 2.24) is 0 Å². The molecule has 0 aliphatic heterocycles. The molecule has 0 fully saturated rings. The van der Waals surface area contributed by atoms with E-state index in [0.29, 0.717) is 0 Å². The quantitative estimate of drug-likeness (QED) is 0.303. The summed E-state index contributed by atoms with van der Waals surface area (Å²) in [5.41, 5.74) is 0. The Hall–Kier alpha value is 0.672.